The van der Waals surface area contributed by atoms with Crippen LogP contribution in [0.25, 0.3) is 11.1 Å². The molecule has 2 aliphatic rings. The summed E-state index contributed by atoms with van der Waals surface area (Å²) >= 11 is 0. The van der Waals surface area contributed by atoms with Gasteiger partial charge in [-0.2, -0.15) is 5.10 Å². The first-order valence-electron chi connectivity index (χ1n) is 9.98. The summed E-state index contributed by atoms with van der Waals surface area (Å²) < 4.78 is 22.2. The molecule has 2 N–H and O–H groups in total. The predicted octanol–water partition coefficient (Wildman–Crippen LogP) is 3.29. The van der Waals surface area contributed by atoms with E-state index < -0.39 is 0 Å². The molecule has 0 bridgehead atoms. The number of nitrogens with one attached hydrogen (secondary N) is 2. The summed E-state index contributed by atoms with van der Waals surface area (Å²) in [6.07, 6.45) is 3.08. The number of amides is 1. The third-order valence-electron chi connectivity index (χ3n) is 5.34. The average molecular weight is 410 g/mol. The highest BCUT2D eigenvalue weighted by molar-refractivity contribution is 6.04. The summed E-state index contributed by atoms with van der Waals surface area (Å²) in [5.74, 6) is 2.19. The Morgan fingerprint density at radius 3 is 2.77 bits per heavy atom. The van der Waals surface area contributed by atoms with Gasteiger partial charge in [0, 0.05) is 30.4 Å². The average Bonchev–Trinajstić information content (AvgIpc) is 3.41. The smallest absolute Gasteiger partial charge is 0.278 e. The van der Waals surface area contributed by atoms with Crippen LogP contribution in [0.2, 0.25) is 0 Å². The fourth-order valence-electron chi connectivity index (χ4n) is 3.77. The lowest BCUT2D eigenvalue weighted by Gasteiger charge is -2.19. The Hall–Kier alpha value is -3.33. The number of fused-ring (bicyclic) bond motifs is 1. The van der Waals surface area contributed by atoms with E-state index in [9.17, 15) is 4.79 Å². The van der Waals surface area contributed by atoms with Crippen LogP contribution in [-0.4, -0.2) is 47.5 Å². The van der Waals surface area contributed by atoms with Crippen LogP contribution in [0.1, 0.15) is 40.8 Å². The van der Waals surface area contributed by atoms with Crippen LogP contribution in [0.15, 0.2) is 28.9 Å². The Bertz CT molecular complexity index is 1070. The van der Waals surface area contributed by atoms with Gasteiger partial charge in [0.05, 0.1) is 0 Å². The third kappa shape index (κ3) is 3.52. The van der Waals surface area contributed by atoms with Crippen molar-refractivity contribution in [2.45, 2.75) is 25.7 Å². The fourth-order valence-corrected chi connectivity index (χ4v) is 3.77. The second kappa shape index (κ2) is 7.83. The maximum absolute atomic E-state index is 12.8. The van der Waals surface area contributed by atoms with Crippen LogP contribution in [0.3, 0.4) is 0 Å². The number of aromatic nitrogens is 3. The van der Waals surface area contributed by atoms with E-state index in [1.165, 1.54) is 6.26 Å². The summed E-state index contributed by atoms with van der Waals surface area (Å²) in [6.45, 7) is 4.30. The molecule has 1 fully saturated rings. The second-order valence-electron chi connectivity index (χ2n) is 7.34. The minimum Gasteiger partial charge on any atom is -0.486 e. The van der Waals surface area contributed by atoms with Crippen LogP contribution < -0.4 is 14.8 Å². The van der Waals surface area contributed by atoms with Gasteiger partial charge in [-0.05, 0) is 37.5 Å². The molecule has 30 heavy (non-hydrogen) atoms. The lowest BCUT2D eigenvalue weighted by molar-refractivity contribution is 0.0794. The summed E-state index contributed by atoms with van der Waals surface area (Å²) in [5.41, 5.74) is 2.70. The van der Waals surface area contributed by atoms with E-state index in [2.05, 4.69) is 20.5 Å². The number of anilines is 1. The van der Waals surface area contributed by atoms with Gasteiger partial charge in [-0.3, -0.25) is 9.89 Å². The van der Waals surface area contributed by atoms with E-state index in [0.717, 1.165) is 29.7 Å². The number of aromatic amines is 1. The Kier molecular flexibility index (Phi) is 4.88. The molecule has 0 atom stereocenters. The van der Waals surface area contributed by atoms with Crippen LogP contribution >= 0.6 is 0 Å². The standard InChI is InChI=1S/C21H22N4O5/c1-12-18(14-2-3-16-17(10-14)29-9-8-28-16)19(25-24-12)23-20(26)15-11-30-21(22-15)13-4-6-27-7-5-13/h2-3,10-11,13H,4-9H2,1H3,(H2,23,24,25,26). The quantitative estimate of drug-likeness (QED) is 0.679. The van der Waals surface area contributed by atoms with Crippen molar-refractivity contribution >= 4 is 11.7 Å². The molecule has 0 aliphatic carbocycles. The third-order valence-corrected chi connectivity index (χ3v) is 5.34. The Balaban J connectivity index is 1.37. The number of H-pyrrole nitrogens is 1. The highest BCUT2D eigenvalue weighted by Gasteiger charge is 2.24. The zero-order valence-electron chi connectivity index (χ0n) is 16.6. The summed E-state index contributed by atoms with van der Waals surface area (Å²) in [4.78, 5) is 17.2. The van der Waals surface area contributed by atoms with E-state index in [4.69, 9.17) is 18.6 Å². The number of rotatable bonds is 4. The van der Waals surface area contributed by atoms with Crippen molar-refractivity contribution in [1.82, 2.24) is 15.2 Å². The first-order valence-corrected chi connectivity index (χ1v) is 9.98. The van der Waals surface area contributed by atoms with E-state index in [1.54, 1.807) is 0 Å². The lowest BCUT2D eigenvalue weighted by Crippen LogP contribution is -2.16. The molecule has 0 radical (unpaired) electrons. The van der Waals surface area contributed by atoms with Gasteiger partial charge < -0.3 is 23.9 Å². The molecule has 5 rings (SSSR count). The molecule has 1 saturated heterocycles. The Morgan fingerprint density at radius 1 is 1.13 bits per heavy atom. The van der Waals surface area contributed by atoms with Crippen molar-refractivity contribution in [3.8, 4) is 22.6 Å². The Morgan fingerprint density at radius 2 is 1.93 bits per heavy atom. The van der Waals surface area contributed by atoms with Crippen molar-refractivity contribution in [3.63, 3.8) is 0 Å². The van der Waals surface area contributed by atoms with Gasteiger partial charge in [-0.15, -0.1) is 0 Å². The zero-order chi connectivity index (χ0) is 20.5. The fraction of sp³-hybridized carbons (Fsp3) is 0.381. The van der Waals surface area contributed by atoms with Crippen LogP contribution in [0, 0.1) is 6.92 Å². The summed E-state index contributed by atoms with van der Waals surface area (Å²) in [5, 5.41) is 10.0. The molecule has 4 heterocycles. The monoisotopic (exact) mass is 410 g/mol. The first-order chi connectivity index (χ1) is 14.7. The van der Waals surface area contributed by atoms with Crippen molar-refractivity contribution in [2.75, 3.05) is 31.7 Å². The van der Waals surface area contributed by atoms with Gasteiger partial charge >= 0.3 is 0 Å². The molecule has 156 valence electrons. The van der Waals surface area contributed by atoms with Crippen molar-refractivity contribution < 1.29 is 23.4 Å². The number of aryl methyl sites for hydroxylation is 1. The number of ether oxygens (including phenoxy) is 3. The van der Waals surface area contributed by atoms with Crippen LogP contribution in [-0.2, 0) is 4.74 Å². The molecule has 0 unspecified atom stereocenters. The number of carbonyl (C=O) groups excluding carboxylic acids is 1. The maximum Gasteiger partial charge on any atom is 0.278 e. The lowest BCUT2D eigenvalue weighted by atomic mass is 10.0. The first kappa shape index (κ1) is 18.7. The molecular weight excluding hydrogens is 388 g/mol. The van der Waals surface area contributed by atoms with Crippen molar-refractivity contribution in [1.29, 1.82) is 0 Å². The van der Waals surface area contributed by atoms with E-state index in [-0.39, 0.29) is 17.5 Å². The zero-order valence-corrected chi connectivity index (χ0v) is 16.6. The number of hydrogen-bond donors (Lipinski definition) is 2. The molecule has 3 aromatic rings. The minimum atomic E-state index is -0.373. The highest BCUT2D eigenvalue weighted by Crippen LogP contribution is 2.37. The molecule has 2 aromatic heterocycles. The molecule has 9 heteroatoms. The van der Waals surface area contributed by atoms with Gasteiger partial charge in [0.25, 0.3) is 5.91 Å². The van der Waals surface area contributed by atoms with E-state index in [0.29, 0.717) is 49.6 Å². The van der Waals surface area contributed by atoms with Gasteiger partial charge in [0.1, 0.15) is 19.5 Å². The Labute approximate surface area is 172 Å². The molecule has 1 aromatic carbocycles. The summed E-state index contributed by atoms with van der Waals surface area (Å²) in [6, 6.07) is 5.67. The topological polar surface area (TPSA) is 112 Å². The molecule has 9 nitrogen and oxygen atoms in total. The van der Waals surface area contributed by atoms with Gasteiger partial charge in [0.2, 0.25) is 0 Å². The normalized spacial score (nSPS) is 16.4. The molecule has 0 spiro atoms. The van der Waals surface area contributed by atoms with Crippen molar-refractivity contribution in [2.24, 2.45) is 0 Å². The van der Waals surface area contributed by atoms with E-state index in [1.807, 2.05) is 25.1 Å². The number of benzene rings is 1. The van der Waals surface area contributed by atoms with Crippen LogP contribution in [0.5, 0.6) is 11.5 Å². The molecule has 1 amide bonds. The second-order valence-corrected chi connectivity index (χ2v) is 7.34. The maximum atomic E-state index is 12.8. The number of nitrogens with zero attached hydrogens (tertiary/aromatic N) is 2. The van der Waals surface area contributed by atoms with Crippen LogP contribution in [0.4, 0.5) is 5.82 Å². The number of carbonyl (C=O) groups is 1. The van der Waals surface area contributed by atoms with E-state index >= 15 is 0 Å². The number of oxazole rings is 1. The van der Waals surface area contributed by atoms with Gasteiger partial charge in [-0.1, -0.05) is 6.07 Å². The van der Waals surface area contributed by atoms with Gasteiger partial charge in [0.15, 0.2) is 28.9 Å². The van der Waals surface area contributed by atoms with Gasteiger partial charge in [-0.25, -0.2) is 4.98 Å². The molecule has 2 aliphatic heterocycles. The molecule has 0 saturated carbocycles. The van der Waals surface area contributed by atoms with Crippen molar-refractivity contribution in [3.05, 3.63) is 41.7 Å². The molecular formula is C21H22N4O5. The minimum absolute atomic E-state index is 0.182. The summed E-state index contributed by atoms with van der Waals surface area (Å²) in [7, 11) is 0. The largest absolute Gasteiger partial charge is 0.486 e. The predicted molar refractivity (Wildman–Crippen MR) is 107 cm³/mol. The SMILES string of the molecule is Cc1[nH]nc(NC(=O)c2coc(C3CCOCC3)n2)c1-c1ccc2c(c1)OCCO2. The number of hydrogen-bond acceptors (Lipinski definition) is 7. The highest BCUT2D eigenvalue weighted by atomic mass is 16.6.